The number of aromatic amines is 1. The number of nitro benzene ring substituents is 1. The second kappa shape index (κ2) is 9.02. The Bertz CT molecular complexity index is 1510. The molecule has 0 aliphatic carbocycles. The van der Waals surface area contributed by atoms with Crippen LogP contribution >= 0.6 is 0 Å². The molecule has 0 saturated carbocycles. The number of carbonyl (C=O) groups excluding carboxylic acids is 1. The standard InChI is InChI=1S/C25H19N7O3/c1-16-21(20-14-19(32(34)35)12-13-22(20)27-16)15-26-29-25(33)23-28-24(17-8-4-2-5-9-17)31(30-23)18-10-6-3-7-11-18/h2-15,27H,1H3,(H,29,33)/b26-15+. The number of aryl methyl sites for hydroxylation is 1. The maximum absolute atomic E-state index is 12.8. The normalized spacial score (nSPS) is 11.2. The highest BCUT2D eigenvalue weighted by atomic mass is 16.6. The molecule has 0 spiro atoms. The van der Waals surface area contributed by atoms with Crippen LogP contribution < -0.4 is 5.43 Å². The van der Waals surface area contributed by atoms with Crippen LogP contribution in [-0.2, 0) is 0 Å². The van der Waals surface area contributed by atoms with E-state index in [2.05, 4.69) is 25.6 Å². The van der Waals surface area contributed by atoms with Crippen LogP contribution in [-0.4, -0.2) is 36.8 Å². The van der Waals surface area contributed by atoms with Crippen LogP contribution in [0.4, 0.5) is 5.69 Å². The Hall–Kier alpha value is -5.12. The van der Waals surface area contributed by atoms with Crippen molar-refractivity contribution in [3.63, 3.8) is 0 Å². The number of nitrogens with one attached hydrogen (secondary N) is 2. The summed E-state index contributed by atoms with van der Waals surface area (Å²) >= 11 is 0. The van der Waals surface area contributed by atoms with E-state index in [1.807, 2.05) is 67.6 Å². The molecule has 3 aromatic carbocycles. The third kappa shape index (κ3) is 4.27. The number of aromatic nitrogens is 4. The van der Waals surface area contributed by atoms with E-state index in [-0.39, 0.29) is 11.5 Å². The molecule has 2 heterocycles. The molecule has 0 unspecified atom stereocenters. The quantitative estimate of drug-likeness (QED) is 0.218. The lowest BCUT2D eigenvalue weighted by atomic mass is 10.1. The highest BCUT2D eigenvalue weighted by Gasteiger charge is 2.18. The Labute approximate surface area is 199 Å². The fourth-order valence-electron chi connectivity index (χ4n) is 3.75. The van der Waals surface area contributed by atoms with E-state index < -0.39 is 10.8 Å². The van der Waals surface area contributed by atoms with Crippen LogP contribution in [0.3, 0.4) is 0 Å². The minimum atomic E-state index is -0.586. The summed E-state index contributed by atoms with van der Waals surface area (Å²) in [4.78, 5) is 31.1. The number of hydrazone groups is 1. The molecule has 10 nitrogen and oxygen atoms in total. The minimum absolute atomic E-state index is 0.0284. The zero-order valence-electron chi connectivity index (χ0n) is 18.5. The van der Waals surface area contributed by atoms with E-state index in [0.29, 0.717) is 16.8 Å². The van der Waals surface area contributed by atoms with Gasteiger partial charge in [-0.3, -0.25) is 14.9 Å². The number of amides is 1. The highest BCUT2D eigenvalue weighted by Crippen LogP contribution is 2.25. The van der Waals surface area contributed by atoms with Gasteiger partial charge in [0.1, 0.15) is 0 Å². The molecule has 0 atom stereocenters. The van der Waals surface area contributed by atoms with Gasteiger partial charge in [-0.15, -0.1) is 5.10 Å². The molecule has 1 amide bonds. The second-order valence-corrected chi connectivity index (χ2v) is 7.72. The van der Waals surface area contributed by atoms with Crippen LogP contribution in [0, 0.1) is 17.0 Å². The molecule has 2 aromatic heterocycles. The number of nitrogens with zero attached hydrogens (tertiary/aromatic N) is 5. The lowest BCUT2D eigenvalue weighted by Crippen LogP contribution is -2.19. The van der Waals surface area contributed by atoms with E-state index >= 15 is 0 Å². The lowest BCUT2D eigenvalue weighted by molar-refractivity contribution is -0.384. The molecule has 5 aromatic rings. The Morgan fingerprint density at radius 2 is 1.80 bits per heavy atom. The fraction of sp³-hybridized carbons (Fsp3) is 0.0400. The summed E-state index contributed by atoms with van der Waals surface area (Å²) < 4.78 is 1.61. The number of fused-ring (bicyclic) bond motifs is 1. The molecule has 0 saturated heterocycles. The number of carbonyl (C=O) groups is 1. The van der Waals surface area contributed by atoms with Gasteiger partial charge in [0.2, 0.25) is 5.82 Å². The third-order valence-electron chi connectivity index (χ3n) is 5.43. The van der Waals surface area contributed by atoms with Gasteiger partial charge in [-0.25, -0.2) is 15.1 Å². The molecular weight excluding hydrogens is 446 g/mol. The molecule has 35 heavy (non-hydrogen) atoms. The predicted octanol–water partition coefficient (Wildman–Crippen LogP) is 4.40. The van der Waals surface area contributed by atoms with Crippen LogP contribution in [0.5, 0.6) is 0 Å². The predicted molar refractivity (Wildman–Crippen MR) is 132 cm³/mol. The van der Waals surface area contributed by atoms with Crippen LogP contribution in [0.25, 0.3) is 28.0 Å². The summed E-state index contributed by atoms with van der Waals surface area (Å²) in [6.45, 7) is 1.82. The summed E-state index contributed by atoms with van der Waals surface area (Å²) in [5.74, 6) is -0.113. The molecule has 10 heteroatoms. The first-order valence-corrected chi connectivity index (χ1v) is 10.7. The van der Waals surface area contributed by atoms with E-state index in [0.717, 1.165) is 22.5 Å². The Kier molecular flexibility index (Phi) is 5.60. The van der Waals surface area contributed by atoms with Gasteiger partial charge in [0.05, 0.1) is 16.8 Å². The van der Waals surface area contributed by atoms with Crippen molar-refractivity contribution >= 4 is 28.7 Å². The van der Waals surface area contributed by atoms with E-state index in [1.165, 1.54) is 18.3 Å². The van der Waals surface area contributed by atoms with E-state index in [9.17, 15) is 14.9 Å². The largest absolute Gasteiger partial charge is 0.358 e. The molecule has 2 N–H and O–H groups in total. The Morgan fingerprint density at radius 1 is 1.09 bits per heavy atom. The summed E-state index contributed by atoms with van der Waals surface area (Å²) in [7, 11) is 0. The van der Waals surface area contributed by atoms with E-state index in [1.54, 1.807) is 10.7 Å². The number of para-hydroxylation sites is 1. The molecule has 172 valence electrons. The number of nitro groups is 1. The van der Waals surface area contributed by atoms with Gasteiger partial charge in [0, 0.05) is 39.9 Å². The molecule has 0 aliphatic heterocycles. The Balaban J connectivity index is 1.44. The maximum atomic E-state index is 12.8. The molecule has 0 bridgehead atoms. The van der Waals surface area contributed by atoms with Gasteiger partial charge < -0.3 is 4.98 Å². The summed E-state index contributed by atoms with van der Waals surface area (Å²) in [5, 5.41) is 20.2. The smallest absolute Gasteiger partial charge is 0.311 e. The number of hydrogen-bond acceptors (Lipinski definition) is 6. The molecular formula is C25H19N7O3. The summed E-state index contributed by atoms with van der Waals surface area (Å²) in [5.41, 5.74) is 6.12. The highest BCUT2D eigenvalue weighted by molar-refractivity contribution is 6.02. The first-order valence-electron chi connectivity index (χ1n) is 10.7. The molecule has 0 aliphatic rings. The monoisotopic (exact) mass is 465 g/mol. The number of hydrogen-bond donors (Lipinski definition) is 2. The zero-order chi connectivity index (χ0) is 24.4. The van der Waals surface area contributed by atoms with Crippen LogP contribution in [0.1, 0.15) is 21.9 Å². The van der Waals surface area contributed by atoms with Crippen molar-refractivity contribution in [3.05, 3.63) is 106 Å². The minimum Gasteiger partial charge on any atom is -0.358 e. The van der Waals surface area contributed by atoms with Crippen LogP contribution in [0.2, 0.25) is 0 Å². The Morgan fingerprint density at radius 3 is 2.51 bits per heavy atom. The molecule has 0 radical (unpaired) electrons. The van der Waals surface area contributed by atoms with Crippen molar-refractivity contribution in [2.45, 2.75) is 6.92 Å². The van der Waals surface area contributed by atoms with Crippen molar-refractivity contribution in [3.8, 4) is 17.1 Å². The number of rotatable bonds is 6. The van der Waals surface area contributed by atoms with E-state index in [4.69, 9.17) is 0 Å². The summed E-state index contributed by atoms with van der Waals surface area (Å²) in [6.07, 6.45) is 1.45. The second-order valence-electron chi connectivity index (χ2n) is 7.72. The van der Waals surface area contributed by atoms with Crippen molar-refractivity contribution in [1.82, 2.24) is 25.2 Å². The average molecular weight is 465 g/mol. The van der Waals surface area contributed by atoms with Gasteiger partial charge in [0.25, 0.3) is 5.69 Å². The van der Waals surface area contributed by atoms with Crippen molar-refractivity contribution < 1.29 is 9.72 Å². The first kappa shape index (κ1) is 21.7. The van der Waals surface area contributed by atoms with Gasteiger partial charge in [-0.1, -0.05) is 48.5 Å². The molecule has 0 fully saturated rings. The van der Waals surface area contributed by atoms with Gasteiger partial charge in [0.15, 0.2) is 5.82 Å². The number of H-pyrrole nitrogens is 1. The third-order valence-corrected chi connectivity index (χ3v) is 5.43. The SMILES string of the molecule is Cc1[nH]c2ccc([N+](=O)[O-])cc2c1/C=N/NC(=O)c1nc(-c2ccccc2)n(-c2ccccc2)n1. The van der Waals surface area contributed by atoms with Gasteiger partial charge in [-0.2, -0.15) is 5.10 Å². The van der Waals surface area contributed by atoms with Crippen molar-refractivity contribution in [2.75, 3.05) is 0 Å². The van der Waals surface area contributed by atoms with Crippen molar-refractivity contribution in [2.24, 2.45) is 5.10 Å². The zero-order valence-corrected chi connectivity index (χ0v) is 18.5. The van der Waals surface area contributed by atoms with Gasteiger partial charge in [-0.05, 0) is 25.1 Å². The summed E-state index contributed by atoms with van der Waals surface area (Å²) in [6, 6.07) is 23.4. The first-order chi connectivity index (χ1) is 17.0. The molecule has 5 rings (SSSR count). The number of benzene rings is 3. The topological polar surface area (TPSA) is 131 Å². The lowest BCUT2D eigenvalue weighted by Gasteiger charge is -2.05. The fourth-order valence-corrected chi connectivity index (χ4v) is 3.75. The van der Waals surface area contributed by atoms with Gasteiger partial charge >= 0.3 is 5.91 Å². The number of non-ortho nitro benzene ring substituents is 1. The average Bonchev–Trinajstić information content (AvgIpc) is 3.46. The van der Waals surface area contributed by atoms with Crippen molar-refractivity contribution in [1.29, 1.82) is 0 Å². The maximum Gasteiger partial charge on any atom is 0.311 e. The van der Waals surface area contributed by atoms with Crippen LogP contribution in [0.15, 0.2) is 84.0 Å².